The fourth-order valence-corrected chi connectivity index (χ4v) is 2.51. The number of rotatable bonds is 6. The zero-order chi connectivity index (χ0) is 19.2. The molecule has 0 aliphatic rings. The Morgan fingerprint density at radius 2 is 1.74 bits per heavy atom. The second kappa shape index (κ2) is 8.47. The summed E-state index contributed by atoms with van der Waals surface area (Å²) in [5.74, 6) is -0.153. The SMILES string of the molecule is CC(OC(=O)c1ccccc1Oc1cccnc1)C(=O)c1ccc(Cl)cc1. The van der Waals surface area contributed by atoms with Crippen LogP contribution in [-0.2, 0) is 4.74 Å². The van der Waals surface area contributed by atoms with Crippen molar-refractivity contribution >= 4 is 23.4 Å². The highest BCUT2D eigenvalue weighted by molar-refractivity contribution is 6.30. The first-order valence-electron chi connectivity index (χ1n) is 8.22. The minimum absolute atomic E-state index is 0.220. The van der Waals surface area contributed by atoms with E-state index in [1.54, 1.807) is 66.9 Å². The highest BCUT2D eigenvalue weighted by atomic mass is 35.5. The molecular formula is C21H16ClNO4. The zero-order valence-corrected chi connectivity index (χ0v) is 15.2. The fourth-order valence-electron chi connectivity index (χ4n) is 2.39. The molecule has 0 aliphatic heterocycles. The van der Waals surface area contributed by atoms with Crippen LogP contribution in [-0.4, -0.2) is 22.8 Å². The number of nitrogens with zero attached hydrogens (tertiary/aromatic N) is 1. The number of ether oxygens (including phenoxy) is 2. The molecule has 0 bridgehead atoms. The first kappa shape index (κ1) is 18.6. The van der Waals surface area contributed by atoms with Crippen molar-refractivity contribution in [1.82, 2.24) is 4.98 Å². The maximum absolute atomic E-state index is 12.6. The van der Waals surface area contributed by atoms with Crippen LogP contribution in [0, 0.1) is 0 Å². The number of Topliss-reactive ketones (excluding diaryl/α,β-unsaturated/α-hetero) is 1. The van der Waals surface area contributed by atoms with Gasteiger partial charge < -0.3 is 9.47 Å². The summed E-state index contributed by atoms with van der Waals surface area (Å²) in [6.07, 6.45) is 2.21. The van der Waals surface area contributed by atoms with Crippen molar-refractivity contribution in [3.8, 4) is 11.5 Å². The van der Waals surface area contributed by atoms with Gasteiger partial charge in [0.2, 0.25) is 5.78 Å². The van der Waals surface area contributed by atoms with Gasteiger partial charge in [-0.3, -0.25) is 9.78 Å². The van der Waals surface area contributed by atoms with Crippen molar-refractivity contribution in [2.75, 3.05) is 0 Å². The van der Waals surface area contributed by atoms with E-state index in [2.05, 4.69) is 4.98 Å². The molecule has 1 atom stereocenters. The van der Waals surface area contributed by atoms with Gasteiger partial charge in [-0.1, -0.05) is 23.7 Å². The van der Waals surface area contributed by atoms with Crippen LogP contribution in [0.4, 0.5) is 0 Å². The molecule has 3 rings (SSSR count). The van der Waals surface area contributed by atoms with Crippen LogP contribution >= 0.6 is 11.6 Å². The fraction of sp³-hybridized carbons (Fsp3) is 0.0952. The van der Waals surface area contributed by atoms with E-state index in [0.29, 0.717) is 22.1 Å². The van der Waals surface area contributed by atoms with E-state index >= 15 is 0 Å². The third kappa shape index (κ3) is 4.71. The van der Waals surface area contributed by atoms with Crippen LogP contribution in [0.1, 0.15) is 27.6 Å². The van der Waals surface area contributed by atoms with Crippen LogP contribution in [0.5, 0.6) is 11.5 Å². The maximum Gasteiger partial charge on any atom is 0.342 e. The minimum atomic E-state index is -0.954. The Labute approximate surface area is 161 Å². The third-order valence-electron chi connectivity index (χ3n) is 3.75. The van der Waals surface area contributed by atoms with Crippen LogP contribution in [0.15, 0.2) is 73.1 Å². The minimum Gasteiger partial charge on any atom is -0.455 e. The number of hydrogen-bond donors (Lipinski definition) is 0. The molecule has 0 spiro atoms. The van der Waals surface area contributed by atoms with Crippen LogP contribution in [0.2, 0.25) is 5.02 Å². The van der Waals surface area contributed by atoms with E-state index in [9.17, 15) is 9.59 Å². The largest absolute Gasteiger partial charge is 0.455 e. The summed E-state index contributed by atoms with van der Waals surface area (Å²) in [7, 11) is 0. The van der Waals surface area contributed by atoms with E-state index in [1.807, 2.05) is 0 Å². The molecule has 0 fully saturated rings. The number of pyridine rings is 1. The number of esters is 1. The van der Waals surface area contributed by atoms with Gasteiger partial charge in [0, 0.05) is 16.8 Å². The lowest BCUT2D eigenvalue weighted by Gasteiger charge is -2.14. The van der Waals surface area contributed by atoms with Crippen molar-refractivity contribution in [3.63, 3.8) is 0 Å². The predicted molar refractivity (Wildman–Crippen MR) is 101 cm³/mol. The average molecular weight is 382 g/mol. The molecule has 2 aromatic carbocycles. The molecule has 3 aromatic rings. The van der Waals surface area contributed by atoms with E-state index in [4.69, 9.17) is 21.1 Å². The average Bonchev–Trinajstić information content (AvgIpc) is 2.69. The lowest BCUT2D eigenvalue weighted by atomic mass is 10.1. The van der Waals surface area contributed by atoms with Gasteiger partial charge in [-0.2, -0.15) is 0 Å². The lowest BCUT2D eigenvalue weighted by Crippen LogP contribution is -2.24. The number of halogens is 1. The number of aromatic nitrogens is 1. The van der Waals surface area contributed by atoms with Crippen molar-refractivity contribution in [2.45, 2.75) is 13.0 Å². The van der Waals surface area contributed by atoms with E-state index in [0.717, 1.165) is 0 Å². The highest BCUT2D eigenvalue weighted by Crippen LogP contribution is 2.25. The van der Waals surface area contributed by atoms with Gasteiger partial charge in [0.1, 0.15) is 17.1 Å². The molecule has 0 saturated heterocycles. The summed E-state index contributed by atoms with van der Waals surface area (Å²) in [4.78, 5) is 29.0. The molecule has 0 N–H and O–H groups in total. The summed E-state index contributed by atoms with van der Waals surface area (Å²) in [6.45, 7) is 1.53. The third-order valence-corrected chi connectivity index (χ3v) is 4.00. The molecule has 0 aliphatic carbocycles. The normalized spacial score (nSPS) is 11.5. The van der Waals surface area contributed by atoms with Crippen molar-refractivity contribution in [1.29, 1.82) is 0 Å². The van der Waals surface area contributed by atoms with Gasteiger partial charge in [0.05, 0.1) is 6.20 Å². The highest BCUT2D eigenvalue weighted by Gasteiger charge is 2.22. The number of carbonyl (C=O) groups is 2. The number of hydrogen-bond acceptors (Lipinski definition) is 5. The Morgan fingerprint density at radius 1 is 1.00 bits per heavy atom. The van der Waals surface area contributed by atoms with E-state index < -0.39 is 12.1 Å². The number of benzene rings is 2. The summed E-state index contributed by atoms with van der Waals surface area (Å²) in [5, 5.41) is 0.526. The van der Waals surface area contributed by atoms with Gasteiger partial charge in [0.25, 0.3) is 0 Å². The standard InChI is InChI=1S/C21H16ClNO4/c1-14(20(24)15-8-10-16(22)11-9-15)26-21(25)18-6-2-3-7-19(18)27-17-5-4-12-23-13-17/h2-14H,1H3. The summed E-state index contributed by atoms with van der Waals surface area (Å²) in [6, 6.07) is 16.5. The summed E-state index contributed by atoms with van der Waals surface area (Å²) in [5.41, 5.74) is 0.636. The Balaban J connectivity index is 1.74. The molecule has 6 heteroatoms. The smallest absolute Gasteiger partial charge is 0.342 e. The number of carbonyl (C=O) groups excluding carboxylic acids is 2. The summed E-state index contributed by atoms with van der Waals surface area (Å²) >= 11 is 5.83. The zero-order valence-electron chi connectivity index (χ0n) is 14.5. The Kier molecular flexibility index (Phi) is 5.84. The maximum atomic E-state index is 12.6. The molecule has 5 nitrogen and oxygen atoms in total. The van der Waals surface area contributed by atoms with Crippen LogP contribution < -0.4 is 4.74 Å². The Hall–Kier alpha value is -3.18. The molecule has 1 heterocycles. The second-order valence-corrected chi connectivity index (χ2v) is 6.14. The Morgan fingerprint density at radius 3 is 2.44 bits per heavy atom. The second-order valence-electron chi connectivity index (χ2n) is 5.71. The monoisotopic (exact) mass is 381 g/mol. The van der Waals surface area contributed by atoms with Crippen molar-refractivity contribution in [3.05, 3.63) is 89.2 Å². The van der Waals surface area contributed by atoms with Gasteiger partial charge >= 0.3 is 5.97 Å². The molecular weight excluding hydrogens is 366 g/mol. The molecule has 1 aromatic heterocycles. The first-order valence-corrected chi connectivity index (χ1v) is 8.60. The molecule has 1 unspecified atom stereocenters. The van der Waals surface area contributed by atoms with Gasteiger partial charge in [0.15, 0.2) is 6.10 Å². The van der Waals surface area contributed by atoms with E-state index in [-0.39, 0.29) is 11.3 Å². The van der Waals surface area contributed by atoms with E-state index in [1.165, 1.54) is 13.1 Å². The van der Waals surface area contributed by atoms with Crippen LogP contribution in [0.3, 0.4) is 0 Å². The predicted octanol–water partition coefficient (Wildman–Crippen LogP) is 4.96. The van der Waals surface area contributed by atoms with Crippen molar-refractivity contribution in [2.24, 2.45) is 0 Å². The molecule has 0 saturated carbocycles. The quantitative estimate of drug-likeness (QED) is 0.446. The lowest BCUT2D eigenvalue weighted by molar-refractivity contribution is 0.0316. The molecule has 27 heavy (non-hydrogen) atoms. The molecule has 0 radical (unpaired) electrons. The summed E-state index contributed by atoms with van der Waals surface area (Å²) < 4.78 is 11.1. The topological polar surface area (TPSA) is 65.5 Å². The first-order chi connectivity index (χ1) is 13.0. The van der Waals surface area contributed by atoms with Crippen LogP contribution in [0.25, 0.3) is 0 Å². The molecule has 136 valence electrons. The Bertz CT molecular complexity index is 942. The van der Waals surface area contributed by atoms with Gasteiger partial charge in [-0.25, -0.2) is 4.79 Å². The van der Waals surface area contributed by atoms with Gasteiger partial charge in [-0.05, 0) is 55.5 Å². The number of para-hydroxylation sites is 1. The van der Waals surface area contributed by atoms with Gasteiger partial charge in [-0.15, -0.1) is 0 Å². The number of ketones is 1. The molecule has 0 amide bonds. The van der Waals surface area contributed by atoms with Crippen molar-refractivity contribution < 1.29 is 19.1 Å².